The molecule has 0 bridgehead atoms. The molecule has 0 heterocycles. The van der Waals surface area contributed by atoms with Crippen LogP contribution in [0, 0.1) is 0 Å². The third-order valence-corrected chi connectivity index (χ3v) is 16.4. The molecule has 0 saturated heterocycles. The number of hydrogen-bond acceptors (Lipinski definition) is 0. The molecule has 19 heavy (non-hydrogen) atoms. The van der Waals surface area contributed by atoms with Crippen LogP contribution in [0.2, 0.25) is 15.8 Å². The number of benzene rings is 2. The molecule has 0 aliphatic carbocycles. The van der Waals surface area contributed by atoms with Crippen molar-refractivity contribution in [2.24, 2.45) is 0 Å². The molecule has 0 radical (unpaired) electrons. The van der Waals surface area contributed by atoms with Gasteiger partial charge in [-0.2, -0.15) is 0 Å². The Hall–Kier alpha value is -1.02. The van der Waals surface area contributed by atoms with Gasteiger partial charge in [0.1, 0.15) is 0 Å². The van der Waals surface area contributed by atoms with E-state index in [9.17, 15) is 0 Å². The van der Waals surface area contributed by atoms with Crippen molar-refractivity contribution in [3.63, 3.8) is 0 Å². The molecule has 0 saturated carbocycles. The van der Waals surface area contributed by atoms with Gasteiger partial charge in [0.25, 0.3) is 0 Å². The van der Waals surface area contributed by atoms with Crippen LogP contribution in [0.4, 0.5) is 0 Å². The Labute approximate surface area is 120 Å². The molecule has 0 fully saturated rings. The molecule has 0 N–H and O–H groups in total. The minimum absolute atomic E-state index is 1.38. The van der Waals surface area contributed by atoms with Crippen LogP contribution in [0.25, 0.3) is 11.1 Å². The second-order valence-corrected chi connectivity index (χ2v) is 16.2. The summed E-state index contributed by atoms with van der Waals surface area (Å²) in [6.45, 7) is 7.19. The average molecular weight is 313 g/mol. The van der Waals surface area contributed by atoms with Crippen molar-refractivity contribution in [3.8, 4) is 11.1 Å². The Bertz CT molecular complexity index is 504. The SMILES string of the molecule is C[CH2][Ge]([CH2]C)([CH2]C)[c]1ccccc1-c1ccccc1. The molecule has 2 aromatic rings. The maximum atomic E-state index is 2.40. The van der Waals surface area contributed by atoms with E-state index in [1.165, 1.54) is 26.9 Å². The predicted octanol–water partition coefficient (Wildman–Crippen LogP) is 5.07. The summed E-state index contributed by atoms with van der Waals surface area (Å²) in [6, 6.07) is 20.0. The van der Waals surface area contributed by atoms with Gasteiger partial charge in [0.05, 0.1) is 0 Å². The molecule has 0 aliphatic heterocycles. The second-order valence-electron chi connectivity index (χ2n) is 5.25. The van der Waals surface area contributed by atoms with Crippen LogP contribution in [0.3, 0.4) is 0 Å². The quantitative estimate of drug-likeness (QED) is 0.676. The van der Waals surface area contributed by atoms with E-state index in [0.29, 0.717) is 0 Å². The standard InChI is InChI=1S/C18H24Ge/c1-4-19(5-2,6-3)18-15-11-10-14-17(18)16-12-8-7-9-13-16/h7-15H,4-6H2,1-3H3. The van der Waals surface area contributed by atoms with Gasteiger partial charge < -0.3 is 0 Å². The van der Waals surface area contributed by atoms with E-state index in [-0.39, 0.29) is 0 Å². The number of hydrogen-bond donors (Lipinski definition) is 0. The fraction of sp³-hybridized carbons (Fsp3) is 0.333. The van der Waals surface area contributed by atoms with Crippen molar-refractivity contribution in [2.75, 3.05) is 0 Å². The molecule has 0 unspecified atom stereocenters. The van der Waals surface area contributed by atoms with Crippen molar-refractivity contribution in [2.45, 2.75) is 36.5 Å². The zero-order valence-electron chi connectivity index (χ0n) is 12.3. The van der Waals surface area contributed by atoms with Gasteiger partial charge in [-0.05, 0) is 0 Å². The van der Waals surface area contributed by atoms with Crippen LogP contribution < -0.4 is 4.40 Å². The van der Waals surface area contributed by atoms with E-state index in [1.807, 2.05) is 0 Å². The van der Waals surface area contributed by atoms with Gasteiger partial charge in [-0.1, -0.05) is 0 Å². The van der Waals surface area contributed by atoms with Crippen LogP contribution >= 0.6 is 0 Å². The van der Waals surface area contributed by atoms with Gasteiger partial charge in [-0.25, -0.2) is 0 Å². The van der Waals surface area contributed by atoms with E-state index < -0.39 is 13.3 Å². The van der Waals surface area contributed by atoms with E-state index in [4.69, 9.17) is 0 Å². The second kappa shape index (κ2) is 6.43. The fourth-order valence-corrected chi connectivity index (χ4v) is 11.3. The molecule has 0 spiro atoms. The Kier molecular flexibility index (Phi) is 4.87. The molecule has 0 aromatic heterocycles. The summed E-state index contributed by atoms with van der Waals surface area (Å²) in [5.41, 5.74) is 2.86. The van der Waals surface area contributed by atoms with Gasteiger partial charge in [0, 0.05) is 0 Å². The summed E-state index contributed by atoms with van der Waals surface area (Å²) in [5.74, 6) is 0. The zero-order valence-corrected chi connectivity index (χ0v) is 14.4. The van der Waals surface area contributed by atoms with Crippen LogP contribution in [-0.2, 0) is 0 Å². The molecule has 0 aliphatic rings. The topological polar surface area (TPSA) is 0 Å². The van der Waals surface area contributed by atoms with Gasteiger partial charge in [-0.15, -0.1) is 0 Å². The van der Waals surface area contributed by atoms with Gasteiger partial charge >= 0.3 is 120 Å². The van der Waals surface area contributed by atoms with Crippen LogP contribution in [-0.4, -0.2) is 13.3 Å². The first-order valence-electron chi connectivity index (χ1n) is 7.42. The van der Waals surface area contributed by atoms with Crippen molar-refractivity contribution < 1.29 is 0 Å². The molecular weight excluding hydrogens is 289 g/mol. The van der Waals surface area contributed by atoms with Crippen molar-refractivity contribution in [1.29, 1.82) is 0 Å². The third-order valence-electron chi connectivity index (χ3n) is 4.61. The Morgan fingerprint density at radius 3 is 1.79 bits per heavy atom. The van der Waals surface area contributed by atoms with E-state index >= 15 is 0 Å². The Morgan fingerprint density at radius 2 is 1.21 bits per heavy atom. The normalized spacial score (nSPS) is 11.5. The molecule has 0 atom stereocenters. The van der Waals surface area contributed by atoms with Crippen LogP contribution in [0.15, 0.2) is 54.6 Å². The first kappa shape index (κ1) is 14.4. The molecular formula is C18H24Ge. The molecule has 0 nitrogen and oxygen atoms in total. The summed E-state index contributed by atoms with van der Waals surface area (Å²) < 4.78 is 1.70. The predicted molar refractivity (Wildman–Crippen MR) is 88.7 cm³/mol. The summed E-state index contributed by atoms with van der Waals surface area (Å²) in [5, 5.41) is 4.16. The molecule has 2 rings (SSSR count). The van der Waals surface area contributed by atoms with Gasteiger partial charge in [-0.3, -0.25) is 0 Å². The van der Waals surface area contributed by atoms with E-state index in [0.717, 1.165) is 0 Å². The minimum atomic E-state index is -1.89. The van der Waals surface area contributed by atoms with Crippen molar-refractivity contribution in [3.05, 3.63) is 54.6 Å². The molecule has 1 heteroatoms. The van der Waals surface area contributed by atoms with Crippen molar-refractivity contribution >= 4 is 17.7 Å². The fourth-order valence-electron chi connectivity index (χ4n) is 3.14. The van der Waals surface area contributed by atoms with E-state index in [1.54, 1.807) is 4.40 Å². The summed E-state index contributed by atoms with van der Waals surface area (Å²) in [4.78, 5) is 0. The first-order chi connectivity index (χ1) is 9.27. The van der Waals surface area contributed by atoms with Crippen LogP contribution in [0.1, 0.15) is 20.8 Å². The van der Waals surface area contributed by atoms with Crippen LogP contribution in [0.5, 0.6) is 0 Å². The molecule has 0 amide bonds. The Balaban J connectivity index is 2.59. The summed E-state index contributed by atoms with van der Waals surface area (Å²) in [6.07, 6.45) is 0. The van der Waals surface area contributed by atoms with Crippen molar-refractivity contribution in [1.82, 2.24) is 0 Å². The summed E-state index contributed by atoms with van der Waals surface area (Å²) in [7, 11) is 0. The summed E-state index contributed by atoms with van der Waals surface area (Å²) >= 11 is -1.89. The first-order valence-corrected chi connectivity index (χ1v) is 12.9. The average Bonchev–Trinajstić information content (AvgIpc) is 2.51. The molecule has 2 aromatic carbocycles. The van der Waals surface area contributed by atoms with Gasteiger partial charge in [0.15, 0.2) is 0 Å². The van der Waals surface area contributed by atoms with Gasteiger partial charge in [0.2, 0.25) is 0 Å². The molecule has 100 valence electrons. The Morgan fingerprint density at radius 1 is 0.684 bits per heavy atom. The van der Waals surface area contributed by atoms with E-state index in [2.05, 4.69) is 75.4 Å². The monoisotopic (exact) mass is 314 g/mol. The zero-order chi connectivity index (χ0) is 13.7. The number of rotatable bonds is 5. The maximum absolute atomic E-state index is 2.40. The third kappa shape index (κ3) is 2.79.